The van der Waals surface area contributed by atoms with Gasteiger partial charge in [-0.1, -0.05) is 19.9 Å². The molecule has 0 bridgehead atoms. The maximum Gasteiger partial charge on any atom is 0.124 e. The molecule has 1 aromatic rings. The number of ether oxygens (including phenoxy) is 1. The molecular formula is C16H27NO2S. The van der Waals surface area contributed by atoms with Gasteiger partial charge in [0.2, 0.25) is 0 Å². The minimum atomic E-state index is 0.232. The normalized spacial score (nSPS) is 14.1. The van der Waals surface area contributed by atoms with Gasteiger partial charge in [-0.05, 0) is 37.9 Å². The third-order valence-electron chi connectivity index (χ3n) is 3.21. The molecule has 0 heterocycles. The molecule has 2 N–H and O–H groups in total. The van der Waals surface area contributed by atoms with Crippen molar-refractivity contribution >= 4 is 11.8 Å². The van der Waals surface area contributed by atoms with E-state index in [0.717, 1.165) is 24.5 Å². The molecule has 0 spiro atoms. The summed E-state index contributed by atoms with van der Waals surface area (Å²) in [5.41, 5.74) is 1.22. The van der Waals surface area contributed by atoms with Crippen LogP contribution in [0, 0.1) is 5.92 Å². The summed E-state index contributed by atoms with van der Waals surface area (Å²) in [5.74, 6) is 2.15. The maximum absolute atomic E-state index is 9.16. The summed E-state index contributed by atoms with van der Waals surface area (Å²) in [6.07, 6.45) is 1.11. The Kier molecular flexibility index (Phi) is 8.04. The molecule has 0 aliphatic rings. The molecule has 2 atom stereocenters. The number of rotatable bonds is 9. The lowest BCUT2D eigenvalue weighted by atomic mass is 10.1. The zero-order chi connectivity index (χ0) is 15.0. The van der Waals surface area contributed by atoms with Crippen molar-refractivity contribution in [2.24, 2.45) is 5.92 Å². The Hall–Kier alpha value is -0.710. The van der Waals surface area contributed by atoms with Crippen LogP contribution in [0.5, 0.6) is 5.75 Å². The van der Waals surface area contributed by atoms with Crippen LogP contribution in [0.2, 0.25) is 0 Å². The van der Waals surface area contributed by atoms with E-state index in [2.05, 4.69) is 32.2 Å². The first kappa shape index (κ1) is 17.3. The van der Waals surface area contributed by atoms with Gasteiger partial charge in [-0.3, -0.25) is 0 Å². The van der Waals surface area contributed by atoms with Crippen molar-refractivity contribution in [3.63, 3.8) is 0 Å². The van der Waals surface area contributed by atoms with Crippen LogP contribution in [-0.4, -0.2) is 31.1 Å². The summed E-state index contributed by atoms with van der Waals surface area (Å²) >= 11 is 1.79. The summed E-state index contributed by atoms with van der Waals surface area (Å²) in [6.45, 7) is 7.63. The van der Waals surface area contributed by atoms with Crippen LogP contribution in [0.25, 0.3) is 0 Å². The Morgan fingerprint density at radius 2 is 2.10 bits per heavy atom. The molecule has 20 heavy (non-hydrogen) atoms. The summed E-state index contributed by atoms with van der Waals surface area (Å²) in [7, 11) is 1.72. The van der Waals surface area contributed by atoms with E-state index in [1.165, 1.54) is 10.5 Å². The molecule has 4 heteroatoms. The highest BCUT2D eigenvalue weighted by atomic mass is 32.2. The molecule has 1 rings (SSSR count). The predicted molar refractivity (Wildman–Crippen MR) is 86.7 cm³/mol. The fourth-order valence-corrected chi connectivity index (χ4v) is 3.18. The second-order valence-electron chi connectivity index (χ2n) is 5.15. The van der Waals surface area contributed by atoms with E-state index in [0.29, 0.717) is 5.92 Å². The number of thioether (sulfide) groups is 1. The molecule has 0 fully saturated rings. The average molecular weight is 297 g/mol. The molecule has 3 nitrogen and oxygen atoms in total. The molecule has 114 valence electrons. The fraction of sp³-hybridized carbons (Fsp3) is 0.625. The van der Waals surface area contributed by atoms with E-state index in [1.807, 2.05) is 12.1 Å². The minimum absolute atomic E-state index is 0.232. The molecule has 0 aliphatic heterocycles. The van der Waals surface area contributed by atoms with Gasteiger partial charge in [0.1, 0.15) is 5.75 Å². The molecule has 0 radical (unpaired) electrons. The first-order valence-electron chi connectivity index (χ1n) is 7.27. The van der Waals surface area contributed by atoms with Crippen LogP contribution in [-0.2, 0) is 0 Å². The van der Waals surface area contributed by atoms with Crippen LogP contribution in [0.1, 0.15) is 38.8 Å². The number of aliphatic hydroxyl groups is 1. The highest BCUT2D eigenvalue weighted by molar-refractivity contribution is 7.99. The smallest absolute Gasteiger partial charge is 0.124 e. The van der Waals surface area contributed by atoms with E-state index in [4.69, 9.17) is 9.84 Å². The Labute approximate surface area is 127 Å². The maximum atomic E-state index is 9.16. The third-order valence-corrected chi connectivity index (χ3v) is 4.62. The number of methoxy groups -OCH3 is 1. The van der Waals surface area contributed by atoms with E-state index in [9.17, 15) is 0 Å². The van der Waals surface area contributed by atoms with Gasteiger partial charge in [-0.15, -0.1) is 11.8 Å². The lowest BCUT2D eigenvalue weighted by molar-refractivity contribution is 0.250. The van der Waals surface area contributed by atoms with E-state index < -0.39 is 0 Å². The van der Waals surface area contributed by atoms with Crippen molar-refractivity contribution in [2.75, 3.05) is 26.0 Å². The van der Waals surface area contributed by atoms with Crippen LogP contribution in [0.15, 0.2) is 23.1 Å². The van der Waals surface area contributed by atoms with Crippen molar-refractivity contribution < 1.29 is 9.84 Å². The zero-order valence-corrected chi connectivity index (χ0v) is 13.8. The SMILES string of the molecule is CCCNC(C)c1c(OC)cccc1SCC(C)CO. The Morgan fingerprint density at radius 3 is 2.70 bits per heavy atom. The van der Waals surface area contributed by atoms with Crippen molar-refractivity contribution in [3.05, 3.63) is 23.8 Å². The predicted octanol–water partition coefficient (Wildman–Crippen LogP) is 3.48. The van der Waals surface area contributed by atoms with E-state index in [1.54, 1.807) is 18.9 Å². The largest absolute Gasteiger partial charge is 0.496 e. The van der Waals surface area contributed by atoms with Crippen LogP contribution in [0.4, 0.5) is 0 Å². The number of hydrogen-bond acceptors (Lipinski definition) is 4. The number of nitrogens with one attached hydrogen (secondary N) is 1. The molecule has 1 aromatic carbocycles. The highest BCUT2D eigenvalue weighted by Gasteiger charge is 2.16. The quantitative estimate of drug-likeness (QED) is 0.685. The standard InChI is InChI=1S/C16H27NO2S/c1-5-9-17-13(3)16-14(19-4)7-6-8-15(16)20-11-12(2)10-18/h6-8,12-13,17-18H,5,9-11H2,1-4H3. The van der Waals surface area contributed by atoms with Gasteiger partial charge in [-0.2, -0.15) is 0 Å². The van der Waals surface area contributed by atoms with E-state index in [-0.39, 0.29) is 12.6 Å². The topological polar surface area (TPSA) is 41.5 Å². The van der Waals surface area contributed by atoms with Crippen LogP contribution < -0.4 is 10.1 Å². The van der Waals surface area contributed by atoms with Gasteiger partial charge < -0.3 is 15.2 Å². The minimum Gasteiger partial charge on any atom is -0.496 e. The van der Waals surface area contributed by atoms with Gasteiger partial charge in [0.25, 0.3) is 0 Å². The van der Waals surface area contributed by atoms with Gasteiger partial charge in [0.05, 0.1) is 7.11 Å². The number of hydrogen-bond donors (Lipinski definition) is 2. The second kappa shape index (κ2) is 9.27. The number of aliphatic hydroxyl groups excluding tert-OH is 1. The summed E-state index contributed by atoms with van der Waals surface area (Å²) < 4.78 is 5.52. The highest BCUT2D eigenvalue weighted by Crippen LogP contribution is 2.35. The Balaban J connectivity index is 2.91. The molecule has 0 amide bonds. The van der Waals surface area contributed by atoms with Crippen molar-refractivity contribution in [1.29, 1.82) is 0 Å². The van der Waals surface area contributed by atoms with Crippen molar-refractivity contribution in [2.45, 2.75) is 38.1 Å². The van der Waals surface area contributed by atoms with Gasteiger partial charge in [0.15, 0.2) is 0 Å². The Morgan fingerprint density at radius 1 is 1.35 bits per heavy atom. The molecule has 0 saturated heterocycles. The van der Waals surface area contributed by atoms with Crippen LogP contribution in [0.3, 0.4) is 0 Å². The van der Waals surface area contributed by atoms with Gasteiger partial charge in [0, 0.05) is 28.9 Å². The van der Waals surface area contributed by atoms with Crippen molar-refractivity contribution in [1.82, 2.24) is 5.32 Å². The molecule has 2 unspecified atom stereocenters. The first-order chi connectivity index (χ1) is 9.63. The third kappa shape index (κ3) is 5.00. The molecule has 0 saturated carbocycles. The van der Waals surface area contributed by atoms with Gasteiger partial charge >= 0.3 is 0 Å². The average Bonchev–Trinajstić information content (AvgIpc) is 2.49. The molecule has 0 aliphatic carbocycles. The van der Waals surface area contributed by atoms with E-state index >= 15 is 0 Å². The van der Waals surface area contributed by atoms with Crippen molar-refractivity contribution in [3.8, 4) is 5.75 Å². The lowest BCUT2D eigenvalue weighted by Crippen LogP contribution is -2.20. The second-order valence-corrected chi connectivity index (χ2v) is 6.21. The lowest BCUT2D eigenvalue weighted by Gasteiger charge is -2.21. The summed E-state index contributed by atoms with van der Waals surface area (Å²) in [6, 6.07) is 6.44. The molecular weight excluding hydrogens is 270 g/mol. The summed E-state index contributed by atoms with van der Waals surface area (Å²) in [5, 5.41) is 12.7. The summed E-state index contributed by atoms with van der Waals surface area (Å²) in [4.78, 5) is 1.24. The first-order valence-corrected chi connectivity index (χ1v) is 8.26. The number of benzene rings is 1. The zero-order valence-electron chi connectivity index (χ0n) is 13.0. The Bertz CT molecular complexity index is 398. The fourth-order valence-electron chi connectivity index (χ4n) is 2.00. The molecule has 0 aromatic heterocycles. The monoisotopic (exact) mass is 297 g/mol. The van der Waals surface area contributed by atoms with Gasteiger partial charge in [-0.25, -0.2) is 0 Å². The van der Waals surface area contributed by atoms with Crippen LogP contribution >= 0.6 is 11.8 Å².